The minimum atomic E-state index is -8.53. The fourth-order valence-electron chi connectivity index (χ4n) is 1.86. The van der Waals surface area contributed by atoms with Crippen LogP contribution in [0.25, 0.3) is 0 Å². The fraction of sp³-hybridized carbons (Fsp3) is 0.571. The molecule has 0 saturated heterocycles. The molecule has 32 heavy (non-hydrogen) atoms. The summed E-state index contributed by atoms with van der Waals surface area (Å²) in [6.45, 7) is 0. The number of ether oxygens (including phenoxy) is 1. The van der Waals surface area contributed by atoms with Gasteiger partial charge in [0.25, 0.3) is 0 Å². The second kappa shape index (κ2) is 7.64. The standard InChI is InChI=1S/C14H6F16O2/c15-7(32-6-4-2-1-3-5(6)31)8(16,17)9(18,19)10(20,21)11(22,23)12(24,25)13(26,27)14(28,29)30/h1-4,7,31H. The van der Waals surface area contributed by atoms with Crippen LogP contribution in [0.1, 0.15) is 0 Å². The number of hydrogen-bond acceptors (Lipinski definition) is 2. The third-order valence-corrected chi connectivity index (χ3v) is 3.73. The molecule has 1 aromatic carbocycles. The summed E-state index contributed by atoms with van der Waals surface area (Å²) < 4.78 is 212. The first kappa shape index (κ1) is 27.7. The molecule has 0 spiro atoms. The van der Waals surface area contributed by atoms with E-state index in [4.69, 9.17) is 5.11 Å². The quantitative estimate of drug-likeness (QED) is 0.408. The maximum Gasteiger partial charge on any atom is 0.460 e. The molecule has 0 bridgehead atoms. The molecule has 18 heteroatoms. The second-order valence-electron chi connectivity index (χ2n) is 5.89. The highest BCUT2D eigenvalue weighted by Crippen LogP contribution is 2.62. The van der Waals surface area contributed by atoms with E-state index in [9.17, 15) is 70.2 Å². The van der Waals surface area contributed by atoms with Gasteiger partial charge in [-0.05, 0) is 12.1 Å². The van der Waals surface area contributed by atoms with E-state index in [1.165, 1.54) is 0 Å². The highest BCUT2D eigenvalue weighted by atomic mass is 19.4. The van der Waals surface area contributed by atoms with Crippen LogP contribution in [0.3, 0.4) is 0 Å². The van der Waals surface area contributed by atoms with E-state index in [2.05, 4.69) is 4.74 Å². The molecule has 1 atom stereocenters. The molecule has 1 N–H and O–H groups in total. The predicted octanol–water partition coefficient (Wildman–Crippen LogP) is 6.44. The molecule has 0 fully saturated rings. The maximum atomic E-state index is 13.6. The Kier molecular flexibility index (Phi) is 6.62. The number of phenolic OH excluding ortho intramolecular Hbond substituents is 1. The van der Waals surface area contributed by atoms with Crippen molar-refractivity contribution in [2.45, 2.75) is 48.1 Å². The number of phenols is 1. The molecule has 1 aromatic rings. The molecular formula is C14H6F16O2. The normalized spacial score (nSPS) is 16.1. The number of benzene rings is 1. The van der Waals surface area contributed by atoms with Gasteiger partial charge in [-0.2, -0.15) is 70.2 Å². The predicted molar refractivity (Wildman–Crippen MR) is 69.4 cm³/mol. The van der Waals surface area contributed by atoms with Crippen molar-refractivity contribution in [3.63, 3.8) is 0 Å². The first-order valence-corrected chi connectivity index (χ1v) is 7.33. The van der Waals surface area contributed by atoms with Crippen molar-refractivity contribution in [2.24, 2.45) is 0 Å². The summed E-state index contributed by atoms with van der Waals surface area (Å²) in [6.07, 6.45) is -12.9. The van der Waals surface area contributed by atoms with Crippen LogP contribution in [0.5, 0.6) is 11.5 Å². The Bertz CT molecular complexity index is 815. The van der Waals surface area contributed by atoms with Crippen LogP contribution in [0.15, 0.2) is 24.3 Å². The lowest BCUT2D eigenvalue weighted by Crippen LogP contribution is -2.73. The number of para-hydroxylation sites is 2. The van der Waals surface area contributed by atoms with E-state index in [1.807, 2.05) is 0 Å². The zero-order valence-electron chi connectivity index (χ0n) is 14.3. The zero-order chi connectivity index (χ0) is 25.8. The first-order chi connectivity index (χ1) is 13.9. The SMILES string of the molecule is Oc1ccccc1OC(F)C(F)(F)C(F)(F)C(F)(F)C(F)(F)C(F)(F)C(F)(F)C(F)(F)F. The van der Waals surface area contributed by atoms with Gasteiger partial charge in [0, 0.05) is 0 Å². The molecular weight excluding hydrogens is 504 g/mol. The Morgan fingerprint density at radius 3 is 1.38 bits per heavy atom. The Hall–Kier alpha value is -2.30. The van der Waals surface area contributed by atoms with Gasteiger partial charge < -0.3 is 9.84 Å². The molecule has 0 aliphatic rings. The molecule has 1 unspecified atom stereocenters. The molecule has 0 radical (unpaired) electrons. The maximum absolute atomic E-state index is 13.6. The minimum absolute atomic E-state index is 0.348. The second-order valence-corrected chi connectivity index (χ2v) is 5.89. The summed E-state index contributed by atoms with van der Waals surface area (Å²) in [5.41, 5.74) is 0. The van der Waals surface area contributed by atoms with Crippen molar-refractivity contribution < 1.29 is 80.1 Å². The van der Waals surface area contributed by atoms with Crippen LogP contribution in [0.4, 0.5) is 70.2 Å². The summed E-state index contributed by atoms with van der Waals surface area (Å²) in [5.74, 6) is -51.6. The van der Waals surface area contributed by atoms with Crippen LogP contribution in [0.2, 0.25) is 0 Å². The van der Waals surface area contributed by atoms with Gasteiger partial charge in [0.05, 0.1) is 0 Å². The van der Waals surface area contributed by atoms with E-state index in [0.29, 0.717) is 12.1 Å². The number of rotatable bonds is 8. The van der Waals surface area contributed by atoms with Crippen LogP contribution in [-0.4, -0.2) is 53.2 Å². The van der Waals surface area contributed by atoms with Gasteiger partial charge in [-0.1, -0.05) is 12.1 Å². The van der Waals surface area contributed by atoms with Crippen LogP contribution in [0, 0.1) is 0 Å². The van der Waals surface area contributed by atoms with Gasteiger partial charge in [-0.3, -0.25) is 0 Å². The molecule has 0 saturated carbocycles. The molecule has 0 aliphatic carbocycles. The molecule has 0 amide bonds. The van der Waals surface area contributed by atoms with Gasteiger partial charge in [0.1, 0.15) is 0 Å². The average molecular weight is 510 g/mol. The van der Waals surface area contributed by atoms with E-state index in [1.54, 1.807) is 0 Å². The highest BCUT2D eigenvalue weighted by molar-refractivity contribution is 5.38. The molecule has 0 heterocycles. The Labute approximate surface area is 165 Å². The third-order valence-electron chi connectivity index (χ3n) is 3.73. The van der Waals surface area contributed by atoms with Crippen molar-refractivity contribution >= 4 is 0 Å². The largest absolute Gasteiger partial charge is 0.504 e. The average Bonchev–Trinajstić information content (AvgIpc) is 2.61. The summed E-state index contributed by atoms with van der Waals surface area (Å²) in [5, 5.41) is 9.11. The third kappa shape index (κ3) is 3.74. The number of hydrogen-bond donors (Lipinski definition) is 1. The van der Waals surface area contributed by atoms with Crippen molar-refractivity contribution in [2.75, 3.05) is 0 Å². The number of halogens is 16. The summed E-state index contributed by atoms with van der Waals surface area (Å²) in [4.78, 5) is 0. The smallest absolute Gasteiger partial charge is 0.460 e. The van der Waals surface area contributed by atoms with E-state index in [0.717, 1.165) is 12.1 Å². The van der Waals surface area contributed by atoms with Gasteiger partial charge in [-0.15, -0.1) is 0 Å². The molecule has 2 nitrogen and oxygen atoms in total. The van der Waals surface area contributed by atoms with Crippen molar-refractivity contribution in [3.05, 3.63) is 24.3 Å². The Balaban J connectivity index is 3.49. The Morgan fingerprint density at radius 2 is 0.969 bits per heavy atom. The summed E-state index contributed by atoms with van der Waals surface area (Å²) >= 11 is 0. The van der Waals surface area contributed by atoms with Crippen LogP contribution in [-0.2, 0) is 0 Å². The van der Waals surface area contributed by atoms with Gasteiger partial charge in [0.15, 0.2) is 11.5 Å². The zero-order valence-corrected chi connectivity index (χ0v) is 14.3. The van der Waals surface area contributed by atoms with Gasteiger partial charge in [-0.25, -0.2) is 0 Å². The van der Waals surface area contributed by atoms with Gasteiger partial charge >= 0.3 is 48.1 Å². The lowest BCUT2D eigenvalue weighted by molar-refractivity contribution is -0.457. The molecule has 0 aliphatic heterocycles. The van der Waals surface area contributed by atoms with Gasteiger partial charge in [0.2, 0.25) is 0 Å². The van der Waals surface area contributed by atoms with Crippen LogP contribution < -0.4 is 4.74 Å². The summed E-state index contributed by atoms with van der Waals surface area (Å²) in [7, 11) is 0. The lowest BCUT2D eigenvalue weighted by Gasteiger charge is -2.41. The van der Waals surface area contributed by atoms with Crippen molar-refractivity contribution in [3.8, 4) is 11.5 Å². The van der Waals surface area contributed by atoms with E-state index in [-0.39, 0.29) is 0 Å². The number of alkyl halides is 16. The molecule has 186 valence electrons. The summed E-state index contributed by atoms with van der Waals surface area (Å²) in [6, 6.07) is 2.53. The first-order valence-electron chi connectivity index (χ1n) is 7.33. The van der Waals surface area contributed by atoms with Crippen molar-refractivity contribution in [1.29, 1.82) is 0 Å². The van der Waals surface area contributed by atoms with E-state index >= 15 is 0 Å². The topological polar surface area (TPSA) is 29.5 Å². The fourth-order valence-corrected chi connectivity index (χ4v) is 1.86. The minimum Gasteiger partial charge on any atom is -0.504 e. The van der Waals surface area contributed by atoms with Crippen LogP contribution >= 0.6 is 0 Å². The molecule has 1 rings (SSSR count). The number of aromatic hydroxyl groups is 1. The lowest BCUT2D eigenvalue weighted by atomic mass is 9.91. The monoisotopic (exact) mass is 510 g/mol. The highest BCUT2D eigenvalue weighted by Gasteiger charge is 2.94. The molecule has 0 aromatic heterocycles. The van der Waals surface area contributed by atoms with Crippen molar-refractivity contribution in [1.82, 2.24) is 0 Å². The Morgan fingerprint density at radius 1 is 0.594 bits per heavy atom. The van der Waals surface area contributed by atoms with E-state index < -0.39 is 59.6 Å².